The fraction of sp³-hybridized carbons (Fsp3) is 0.545. The van der Waals surface area contributed by atoms with Crippen LogP contribution in [0.2, 0.25) is 0 Å². The number of amides is 1. The van der Waals surface area contributed by atoms with Crippen LogP contribution in [0.3, 0.4) is 0 Å². The van der Waals surface area contributed by atoms with E-state index in [0.717, 1.165) is 0 Å². The summed E-state index contributed by atoms with van der Waals surface area (Å²) < 4.78 is 1.79. The smallest absolute Gasteiger partial charge is 0.283 e. The number of aromatic nitrogens is 2. The van der Waals surface area contributed by atoms with Gasteiger partial charge in [-0.05, 0) is 36.7 Å². The van der Waals surface area contributed by atoms with Gasteiger partial charge in [0.25, 0.3) is 5.56 Å². The van der Waals surface area contributed by atoms with Crippen molar-refractivity contribution in [3.05, 3.63) is 21.0 Å². The Kier molecular flexibility index (Phi) is 4.89. The van der Waals surface area contributed by atoms with Gasteiger partial charge in [0, 0.05) is 12.5 Å². The van der Waals surface area contributed by atoms with Crippen LogP contribution >= 0.6 is 15.9 Å². The van der Waals surface area contributed by atoms with Gasteiger partial charge in [-0.1, -0.05) is 0 Å². The summed E-state index contributed by atoms with van der Waals surface area (Å²) >= 11 is 3.24. The molecule has 0 aromatic carbocycles. The maximum atomic E-state index is 12.0. The average molecular weight is 317 g/mol. The molecule has 1 unspecified atom stereocenters. The molecule has 1 amide bonds. The van der Waals surface area contributed by atoms with E-state index in [0.29, 0.717) is 10.2 Å². The molecule has 100 valence electrons. The lowest BCUT2D eigenvalue weighted by molar-refractivity contribution is -0.118. The third kappa shape index (κ3) is 3.56. The fourth-order valence-electron chi connectivity index (χ4n) is 1.53. The van der Waals surface area contributed by atoms with E-state index in [1.54, 1.807) is 6.20 Å². The molecule has 0 saturated heterocycles. The monoisotopic (exact) mass is 316 g/mol. The molecular weight excluding hydrogens is 300 g/mol. The zero-order valence-corrected chi connectivity index (χ0v) is 12.2. The quantitative estimate of drug-likeness (QED) is 0.855. The molecular formula is C11H17BrN4O2. The van der Waals surface area contributed by atoms with E-state index < -0.39 is 5.91 Å². The largest absolute Gasteiger partial charge is 0.380 e. The fourth-order valence-corrected chi connectivity index (χ4v) is 1.93. The number of rotatable bonds is 5. The Morgan fingerprint density at radius 2 is 2.17 bits per heavy atom. The molecule has 0 spiro atoms. The first kappa shape index (κ1) is 14.7. The van der Waals surface area contributed by atoms with Crippen LogP contribution in [0.4, 0.5) is 5.69 Å². The minimum Gasteiger partial charge on any atom is -0.380 e. The second-order valence-corrected chi connectivity index (χ2v) is 5.22. The number of hydrogen-bond acceptors (Lipinski definition) is 4. The van der Waals surface area contributed by atoms with E-state index in [1.165, 1.54) is 4.68 Å². The van der Waals surface area contributed by atoms with Crippen molar-refractivity contribution in [1.82, 2.24) is 9.78 Å². The molecule has 7 heteroatoms. The van der Waals surface area contributed by atoms with Gasteiger partial charge in [-0.25, -0.2) is 4.68 Å². The van der Waals surface area contributed by atoms with E-state index in [9.17, 15) is 9.59 Å². The van der Waals surface area contributed by atoms with Crippen molar-refractivity contribution in [3.63, 3.8) is 0 Å². The van der Waals surface area contributed by atoms with Crippen LogP contribution in [-0.4, -0.2) is 21.7 Å². The molecule has 0 aliphatic rings. The summed E-state index contributed by atoms with van der Waals surface area (Å²) in [5, 5.41) is 7.09. The lowest BCUT2D eigenvalue weighted by Gasteiger charge is -2.16. The molecule has 0 aliphatic carbocycles. The van der Waals surface area contributed by atoms with E-state index >= 15 is 0 Å². The van der Waals surface area contributed by atoms with Crippen LogP contribution in [0, 0.1) is 0 Å². The highest BCUT2D eigenvalue weighted by atomic mass is 79.9. The number of anilines is 1. The second-order valence-electron chi connectivity index (χ2n) is 4.43. The molecule has 6 nitrogen and oxygen atoms in total. The molecule has 1 aromatic rings. The summed E-state index contributed by atoms with van der Waals surface area (Å²) in [5.41, 5.74) is 5.46. The number of primary amides is 1. The third-order valence-corrected chi connectivity index (χ3v) is 3.11. The first-order chi connectivity index (χ1) is 8.32. The summed E-state index contributed by atoms with van der Waals surface area (Å²) in [6.07, 6.45) is 1.75. The molecule has 1 heterocycles. The van der Waals surface area contributed by atoms with Crippen molar-refractivity contribution in [2.45, 2.75) is 39.3 Å². The van der Waals surface area contributed by atoms with Crippen LogP contribution in [0.5, 0.6) is 0 Å². The second kappa shape index (κ2) is 5.99. The first-order valence-corrected chi connectivity index (χ1v) is 6.44. The lowest BCUT2D eigenvalue weighted by Crippen LogP contribution is -2.28. The molecule has 0 saturated carbocycles. The van der Waals surface area contributed by atoms with Crippen molar-refractivity contribution < 1.29 is 4.79 Å². The van der Waals surface area contributed by atoms with Crippen LogP contribution in [0.25, 0.3) is 0 Å². The van der Waals surface area contributed by atoms with Gasteiger partial charge >= 0.3 is 0 Å². The SMILES string of the molecule is CC(CC(N)=O)Nc1cnn(C(C)C)c(=O)c1Br. The Balaban J connectivity index is 2.96. The van der Waals surface area contributed by atoms with Crippen LogP contribution in [0.1, 0.15) is 33.2 Å². The summed E-state index contributed by atoms with van der Waals surface area (Å²) in [6.45, 7) is 5.57. The van der Waals surface area contributed by atoms with Crippen molar-refractivity contribution in [2.75, 3.05) is 5.32 Å². The summed E-state index contributed by atoms with van der Waals surface area (Å²) in [5.74, 6) is -0.394. The average Bonchev–Trinajstić information content (AvgIpc) is 2.23. The number of halogens is 1. The van der Waals surface area contributed by atoms with Gasteiger partial charge in [-0.2, -0.15) is 5.10 Å². The molecule has 0 fully saturated rings. The van der Waals surface area contributed by atoms with E-state index in [-0.39, 0.29) is 24.1 Å². The zero-order valence-electron chi connectivity index (χ0n) is 10.6. The van der Waals surface area contributed by atoms with Gasteiger partial charge in [0.15, 0.2) is 0 Å². The number of carbonyl (C=O) groups excluding carboxylic acids is 1. The third-order valence-electron chi connectivity index (χ3n) is 2.34. The Morgan fingerprint density at radius 3 is 2.67 bits per heavy atom. The minimum atomic E-state index is -0.394. The van der Waals surface area contributed by atoms with Crippen LogP contribution < -0.4 is 16.6 Å². The van der Waals surface area contributed by atoms with E-state index in [1.807, 2.05) is 20.8 Å². The van der Waals surface area contributed by atoms with Crippen molar-refractivity contribution in [3.8, 4) is 0 Å². The number of hydrogen-bond donors (Lipinski definition) is 2. The molecule has 0 bridgehead atoms. The predicted molar refractivity (Wildman–Crippen MR) is 73.5 cm³/mol. The van der Waals surface area contributed by atoms with E-state index in [2.05, 4.69) is 26.3 Å². The van der Waals surface area contributed by atoms with Gasteiger partial charge in [-0.15, -0.1) is 0 Å². The number of carbonyl (C=O) groups is 1. The first-order valence-electron chi connectivity index (χ1n) is 5.65. The van der Waals surface area contributed by atoms with Crippen LogP contribution in [0.15, 0.2) is 15.5 Å². The Morgan fingerprint density at radius 1 is 1.56 bits per heavy atom. The van der Waals surface area contributed by atoms with Crippen molar-refractivity contribution in [1.29, 1.82) is 0 Å². The lowest BCUT2D eigenvalue weighted by atomic mass is 10.2. The number of nitrogens with one attached hydrogen (secondary N) is 1. The standard InChI is InChI=1S/C11H17BrN4O2/c1-6(2)16-11(18)10(12)8(5-14-16)15-7(3)4-9(13)17/h5-7,15H,4H2,1-3H3,(H2,13,17). The highest BCUT2D eigenvalue weighted by Crippen LogP contribution is 2.18. The summed E-state index contributed by atoms with van der Waals surface area (Å²) in [4.78, 5) is 22.7. The van der Waals surface area contributed by atoms with E-state index in [4.69, 9.17) is 5.73 Å². The van der Waals surface area contributed by atoms with Gasteiger partial charge in [0.2, 0.25) is 5.91 Å². The molecule has 0 aliphatic heterocycles. The number of nitrogens with two attached hydrogens (primary N) is 1. The summed E-state index contributed by atoms with van der Waals surface area (Å²) in [6, 6.07) is -0.166. The van der Waals surface area contributed by atoms with Gasteiger partial charge in [0.1, 0.15) is 4.47 Å². The van der Waals surface area contributed by atoms with Crippen LogP contribution in [-0.2, 0) is 4.79 Å². The Hall–Kier alpha value is -1.37. The number of nitrogens with zero attached hydrogens (tertiary/aromatic N) is 2. The maximum absolute atomic E-state index is 12.0. The molecule has 1 atom stereocenters. The Bertz CT molecular complexity index is 498. The molecule has 18 heavy (non-hydrogen) atoms. The zero-order chi connectivity index (χ0) is 13.9. The molecule has 1 rings (SSSR count). The van der Waals surface area contributed by atoms with Crippen molar-refractivity contribution >= 4 is 27.5 Å². The molecule has 3 N–H and O–H groups in total. The maximum Gasteiger partial charge on any atom is 0.283 e. The topological polar surface area (TPSA) is 90.0 Å². The molecule has 0 radical (unpaired) electrons. The predicted octanol–water partition coefficient (Wildman–Crippen LogP) is 1.26. The van der Waals surface area contributed by atoms with Gasteiger partial charge < -0.3 is 11.1 Å². The van der Waals surface area contributed by atoms with Gasteiger partial charge in [-0.3, -0.25) is 9.59 Å². The highest BCUT2D eigenvalue weighted by molar-refractivity contribution is 9.10. The van der Waals surface area contributed by atoms with Gasteiger partial charge in [0.05, 0.1) is 17.9 Å². The minimum absolute atomic E-state index is 0.00843. The Labute approximate surface area is 114 Å². The normalized spacial score (nSPS) is 12.5. The van der Waals surface area contributed by atoms with Crippen molar-refractivity contribution in [2.24, 2.45) is 5.73 Å². The molecule has 1 aromatic heterocycles. The summed E-state index contributed by atoms with van der Waals surface area (Å²) in [7, 11) is 0. The highest BCUT2D eigenvalue weighted by Gasteiger charge is 2.13.